The van der Waals surface area contributed by atoms with Crippen molar-refractivity contribution in [1.82, 2.24) is 4.90 Å². The zero-order chi connectivity index (χ0) is 17.5. The van der Waals surface area contributed by atoms with E-state index in [-0.39, 0.29) is 25.1 Å². The number of halogens is 3. The second kappa shape index (κ2) is 8.52. The Balaban J connectivity index is 2.75. The number of rotatable bonds is 8. The molecule has 5 nitrogen and oxygen atoms in total. The summed E-state index contributed by atoms with van der Waals surface area (Å²) in [4.78, 5) is 24.2. The van der Waals surface area contributed by atoms with Crippen LogP contribution in [0.15, 0.2) is 24.3 Å². The highest BCUT2D eigenvalue weighted by Gasteiger charge is 2.26. The minimum Gasteiger partial charge on any atom is -0.480 e. The monoisotopic (exact) mass is 333 g/mol. The van der Waals surface area contributed by atoms with Crippen LogP contribution in [0.25, 0.3) is 0 Å². The Morgan fingerprint density at radius 1 is 1.22 bits per heavy atom. The molecule has 0 atom stereocenters. The standard InChI is InChI=1S/C15H18F3NO4/c1-23-9-8-19(10-13(20)21)14(22)12-4-2-11(3-5-12)6-7-15(16,17)18/h2-5H,6-10H2,1H3,(H,20,21). The maximum absolute atomic E-state index is 12.2. The smallest absolute Gasteiger partial charge is 0.389 e. The van der Waals surface area contributed by atoms with Gasteiger partial charge in [0.2, 0.25) is 0 Å². The largest absolute Gasteiger partial charge is 0.480 e. The Morgan fingerprint density at radius 2 is 1.83 bits per heavy atom. The first-order valence-electron chi connectivity index (χ1n) is 6.88. The van der Waals surface area contributed by atoms with Crippen LogP contribution in [-0.4, -0.2) is 54.9 Å². The van der Waals surface area contributed by atoms with Crippen LogP contribution >= 0.6 is 0 Å². The molecule has 0 bridgehead atoms. The van der Waals surface area contributed by atoms with E-state index in [9.17, 15) is 22.8 Å². The summed E-state index contributed by atoms with van der Waals surface area (Å²) < 4.78 is 41.3. The van der Waals surface area contributed by atoms with Crippen molar-refractivity contribution < 1.29 is 32.6 Å². The highest BCUT2D eigenvalue weighted by molar-refractivity contribution is 5.95. The van der Waals surface area contributed by atoms with Crippen LogP contribution in [-0.2, 0) is 16.0 Å². The Bertz CT molecular complexity index is 529. The van der Waals surface area contributed by atoms with Gasteiger partial charge in [-0.1, -0.05) is 12.1 Å². The molecular weight excluding hydrogens is 315 g/mol. The predicted molar refractivity (Wildman–Crippen MR) is 76.2 cm³/mol. The fourth-order valence-corrected chi connectivity index (χ4v) is 1.90. The van der Waals surface area contributed by atoms with Crippen LogP contribution in [0.5, 0.6) is 0 Å². The van der Waals surface area contributed by atoms with Crippen LogP contribution in [0.1, 0.15) is 22.3 Å². The molecule has 0 heterocycles. The van der Waals surface area contributed by atoms with Crippen molar-refractivity contribution in [3.8, 4) is 0 Å². The van der Waals surface area contributed by atoms with Gasteiger partial charge < -0.3 is 14.7 Å². The molecule has 0 aromatic heterocycles. The molecule has 1 amide bonds. The third-order valence-corrected chi connectivity index (χ3v) is 3.08. The number of hydrogen-bond acceptors (Lipinski definition) is 3. The van der Waals surface area contributed by atoms with Crippen LogP contribution in [0, 0.1) is 0 Å². The quantitative estimate of drug-likeness (QED) is 0.793. The van der Waals surface area contributed by atoms with Gasteiger partial charge in [-0.3, -0.25) is 9.59 Å². The minimum atomic E-state index is -4.23. The fourth-order valence-electron chi connectivity index (χ4n) is 1.90. The van der Waals surface area contributed by atoms with Crippen LogP contribution in [0.2, 0.25) is 0 Å². The van der Waals surface area contributed by atoms with E-state index in [4.69, 9.17) is 9.84 Å². The number of aliphatic carboxylic acids is 1. The van der Waals surface area contributed by atoms with E-state index in [0.717, 1.165) is 4.90 Å². The zero-order valence-electron chi connectivity index (χ0n) is 12.6. The number of amides is 1. The SMILES string of the molecule is COCCN(CC(=O)O)C(=O)c1ccc(CCC(F)(F)F)cc1. The summed E-state index contributed by atoms with van der Waals surface area (Å²) in [6.45, 7) is -0.182. The molecule has 0 spiro atoms. The number of ether oxygens (including phenoxy) is 1. The normalized spacial score (nSPS) is 11.3. The molecule has 23 heavy (non-hydrogen) atoms. The first kappa shape index (κ1) is 19.0. The van der Waals surface area contributed by atoms with E-state index in [1.54, 1.807) is 0 Å². The molecular formula is C15H18F3NO4. The molecule has 0 saturated heterocycles. The lowest BCUT2D eigenvalue weighted by Gasteiger charge is -2.20. The molecule has 128 valence electrons. The van der Waals surface area contributed by atoms with Crippen molar-refractivity contribution >= 4 is 11.9 Å². The lowest BCUT2D eigenvalue weighted by Crippen LogP contribution is -2.38. The van der Waals surface area contributed by atoms with E-state index in [1.165, 1.54) is 31.4 Å². The molecule has 0 aliphatic rings. The average Bonchev–Trinajstić information content (AvgIpc) is 2.48. The minimum absolute atomic E-state index is 0.109. The highest BCUT2D eigenvalue weighted by atomic mass is 19.4. The molecule has 1 N–H and O–H groups in total. The maximum Gasteiger partial charge on any atom is 0.389 e. The van der Waals surface area contributed by atoms with Crippen LogP contribution in [0.3, 0.4) is 0 Å². The van der Waals surface area contributed by atoms with Crippen molar-refractivity contribution in [3.63, 3.8) is 0 Å². The second-order valence-corrected chi connectivity index (χ2v) is 4.93. The topological polar surface area (TPSA) is 66.8 Å². The fraction of sp³-hybridized carbons (Fsp3) is 0.467. The number of alkyl halides is 3. The van der Waals surface area contributed by atoms with E-state index in [2.05, 4.69) is 0 Å². The summed E-state index contributed by atoms with van der Waals surface area (Å²) in [6, 6.07) is 5.67. The molecule has 1 aromatic rings. The van der Waals surface area contributed by atoms with Gasteiger partial charge in [0.25, 0.3) is 5.91 Å². The van der Waals surface area contributed by atoms with Crippen molar-refractivity contribution in [3.05, 3.63) is 35.4 Å². The lowest BCUT2D eigenvalue weighted by molar-refractivity contribution is -0.138. The number of aryl methyl sites for hydroxylation is 1. The third kappa shape index (κ3) is 7.14. The Hall–Kier alpha value is -2.09. The molecule has 0 saturated carbocycles. The number of carbonyl (C=O) groups excluding carboxylic acids is 1. The van der Waals surface area contributed by atoms with Gasteiger partial charge >= 0.3 is 12.1 Å². The van der Waals surface area contributed by atoms with E-state index >= 15 is 0 Å². The van der Waals surface area contributed by atoms with Gasteiger partial charge in [0.05, 0.1) is 6.61 Å². The number of benzene rings is 1. The average molecular weight is 333 g/mol. The van der Waals surface area contributed by atoms with Gasteiger partial charge in [0.1, 0.15) is 6.54 Å². The Labute approximate surface area is 131 Å². The number of carboxylic acids is 1. The summed E-state index contributed by atoms with van der Waals surface area (Å²) in [5, 5.41) is 8.83. The van der Waals surface area contributed by atoms with Gasteiger partial charge in [0, 0.05) is 25.6 Å². The van der Waals surface area contributed by atoms with Gasteiger partial charge in [0.15, 0.2) is 0 Å². The van der Waals surface area contributed by atoms with Crippen LogP contribution in [0.4, 0.5) is 13.2 Å². The van der Waals surface area contributed by atoms with E-state index in [0.29, 0.717) is 5.56 Å². The third-order valence-electron chi connectivity index (χ3n) is 3.08. The number of carboxylic acid groups (broad SMARTS) is 1. The second-order valence-electron chi connectivity index (χ2n) is 4.93. The lowest BCUT2D eigenvalue weighted by atomic mass is 10.1. The summed E-state index contributed by atoms with van der Waals surface area (Å²) in [6.07, 6.45) is -5.33. The highest BCUT2D eigenvalue weighted by Crippen LogP contribution is 2.22. The van der Waals surface area contributed by atoms with Gasteiger partial charge in [-0.2, -0.15) is 13.2 Å². The number of nitrogens with zero attached hydrogens (tertiary/aromatic N) is 1. The predicted octanol–water partition coefficient (Wildman–Crippen LogP) is 2.35. The van der Waals surface area contributed by atoms with Gasteiger partial charge in [-0.25, -0.2) is 0 Å². The zero-order valence-corrected chi connectivity index (χ0v) is 12.6. The van der Waals surface area contributed by atoms with Crippen molar-refractivity contribution in [2.24, 2.45) is 0 Å². The van der Waals surface area contributed by atoms with E-state index < -0.39 is 31.0 Å². The van der Waals surface area contributed by atoms with Gasteiger partial charge in [-0.15, -0.1) is 0 Å². The molecule has 0 aliphatic carbocycles. The van der Waals surface area contributed by atoms with Crippen LogP contribution < -0.4 is 0 Å². The van der Waals surface area contributed by atoms with Crippen molar-refractivity contribution in [1.29, 1.82) is 0 Å². The Morgan fingerprint density at radius 3 is 2.30 bits per heavy atom. The van der Waals surface area contributed by atoms with Crippen molar-refractivity contribution in [2.45, 2.75) is 19.0 Å². The first-order chi connectivity index (χ1) is 10.7. The summed E-state index contributed by atoms with van der Waals surface area (Å²) >= 11 is 0. The number of hydrogen-bond donors (Lipinski definition) is 1. The Kier molecular flexibility index (Phi) is 7.02. The molecule has 0 fully saturated rings. The molecule has 8 heteroatoms. The molecule has 0 radical (unpaired) electrons. The maximum atomic E-state index is 12.2. The van der Waals surface area contributed by atoms with Crippen molar-refractivity contribution in [2.75, 3.05) is 26.8 Å². The summed E-state index contributed by atoms with van der Waals surface area (Å²) in [5.41, 5.74) is 0.679. The summed E-state index contributed by atoms with van der Waals surface area (Å²) in [5.74, 6) is -1.66. The summed E-state index contributed by atoms with van der Waals surface area (Å²) in [7, 11) is 1.43. The van der Waals surface area contributed by atoms with Gasteiger partial charge in [-0.05, 0) is 24.1 Å². The van der Waals surface area contributed by atoms with E-state index in [1.807, 2.05) is 0 Å². The number of methoxy groups -OCH3 is 1. The molecule has 1 aromatic carbocycles. The molecule has 0 aliphatic heterocycles. The molecule has 1 rings (SSSR count). The number of carbonyl (C=O) groups is 2. The first-order valence-corrected chi connectivity index (χ1v) is 6.88. The molecule has 0 unspecified atom stereocenters.